The second kappa shape index (κ2) is 12.4. The molecule has 0 bridgehead atoms. The average Bonchev–Trinajstić information content (AvgIpc) is 3.33. The summed E-state index contributed by atoms with van der Waals surface area (Å²) in [6.45, 7) is 13.3. The average molecular weight is 535 g/mol. The molecule has 2 atom stereocenters. The summed E-state index contributed by atoms with van der Waals surface area (Å²) >= 11 is 0. The molecule has 1 aliphatic heterocycles. The zero-order valence-electron chi connectivity index (χ0n) is 23.0. The van der Waals surface area contributed by atoms with Gasteiger partial charge in [-0.2, -0.15) is 4.98 Å². The highest BCUT2D eigenvalue weighted by atomic mass is 19.1. The Hall–Kier alpha value is -3.37. The molecule has 0 radical (unpaired) electrons. The van der Waals surface area contributed by atoms with Crippen molar-refractivity contribution in [3.63, 3.8) is 0 Å². The van der Waals surface area contributed by atoms with Gasteiger partial charge in [-0.3, -0.25) is 0 Å². The van der Waals surface area contributed by atoms with Crippen LogP contribution in [0.15, 0.2) is 22.7 Å². The number of nitrogens with zero attached hydrogens (tertiary/aromatic N) is 3. The van der Waals surface area contributed by atoms with Crippen molar-refractivity contribution in [3.8, 4) is 5.75 Å². The van der Waals surface area contributed by atoms with Crippen LogP contribution in [-0.4, -0.2) is 52.6 Å². The van der Waals surface area contributed by atoms with Gasteiger partial charge in [-0.1, -0.05) is 25.9 Å². The normalized spacial score (nSPS) is 16.3. The lowest BCUT2D eigenvalue weighted by molar-refractivity contribution is -0.139. The molecule has 11 heteroatoms. The zero-order valence-corrected chi connectivity index (χ0v) is 23.0. The van der Waals surface area contributed by atoms with Gasteiger partial charge in [-0.15, -0.1) is 0 Å². The van der Waals surface area contributed by atoms with Crippen LogP contribution in [-0.2, 0) is 9.53 Å². The minimum absolute atomic E-state index is 0.183. The van der Waals surface area contributed by atoms with Crippen molar-refractivity contribution in [2.24, 2.45) is 11.8 Å². The molecule has 0 spiro atoms. The molecule has 1 aromatic heterocycles. The highest BCUT2D eigenvalue weighted by molar-refractivity contribution is 5.81. The minimum Gasteiger partial charge on any atom is -0.493 e. The van der Waals surface area contributed by atoms with E-state index < -0.39 is 29.5 Å². The standard InChI is InChI=1S/C27H39FN4O6/c1-16(2)23-30-25(38-31-23)32-12-9-18(10-13-32)17(3)11-14-36-19-7-8-20(21(28)15-19)22(24(33)34)29-26(35)37-27(4,5)6/h7-8,15-18,22H,9-14H2,1-6H3,(H,29,35)(H,33,34)/t17-,22?/m1/s1. The highest BCUT2D eigenvalue weighted by Crippen LogP contribution is 2.30. The molecule has 2 aromatic rings. The van der Waals surface area contributed by atoms with Gasteiger partial charge in [0, 0.05) is 30.6 Å². The number of ether oxygens (including phenoxy) is 2. The van der Waals surface area contributed by atoms with E-state index >= 15 is 0 Å². The van der Waals surface area contributed by atoms with Crippen LogP contribution in [0.3, 0.4) is 0 Å². The molecule has 210 valence electrons. The van der Waals surface area contributed by atoms with Crippen molar-refractivity contribution in [2.45, 2.75) is 78.4 Å². The molecule has 0 aliphatic carbocycles. The van der Waals surface area contributed by atoms with Gasteiger partial charge in [-0.25, -0.2) is 14.0 Å². The third kappa shape index (κ3) is 8.06. The van der Waals surface area contributed by atoms with Gasteiger partial charge in [0.25, 0.3) is 0 Å². The van der Waals surface area contributed by atoms with E-state index in [1.165, 1.54) is 12.1 Å². The molecular formula is C27H39FN4O6. The molecule has 2 N–H and O–H groups in total. The number of hydrogen-bond donors (Lipinski definition) is 2. The third-order valence-corrected chi connectivity index (χ3v) is 6.60. The molecule has 0 saturated carbocycles. The molecule has 1 saturated heterocycles. The van der Waals surface area contributed by atoms with E-state index in [9.17, 15) is 19.1 Å². The van der Waals surface area contributed by atoms with Gasteiger partial charge in [0.2, 0.25) is 0 Å². The van der Waals surface area contributed by atoms with Gasteiger partial charge in [0.15, 0.2) is 11.9 Å². The predicted molar refractivity (Wildman–Crippen MR) is 139 cm³/mol. The van der Waals surface area contributed by atoms with Crippen LogP contribution in [0.2, 0.25) is 0 Å². The van der Waals surface area contributed by atoms with Crippen LogP contribution in [0.25, 0.3) is 0 Å². The van der Waals surface area contributed by atoms with Gasteiger partial charge in [-0.05, 0) is 64.0 Å². The maximum absolute atomic E-state index is 14.8. The fourth-order valence-corrected chi connectivity index (χ4v) is 4.38. The van der Waals surface area contributed by atoms with E-state index in [1.807, 2.05) is 13.8 Å². The van der Waals surface area contributed by atoms with Gasteiger partial charge in [0.1, 0.15) is 17.2 Å². The molecule has 1 fully saturated rings. The van der Waals surface area contributed by atoms with E-state index in [2.05, 4.69) is 27.3 Å². The fourth-order valence-electron chi connectivity index (χ4n) is 4.38. The third-order valence-electron chi connectivity index (χ3n) is 6.60. The van der Waals surface area contributed by atoms with Crippen LogP contribution < -0.4 is 15.0 Å². The molecule has 1 unspecified atom stereocenters. The molecule has 1 amide bonds. The Morgan fingerprint density at radius 3 is 2.47 bits per heavy atom. The summed E-state index contributed by atoms with van der Waals surface area (Å²) in [5, 5.41) is 15.8. The molecule has 38 heavy (non-hydrogen) atoms. The second-order valence-corrected chi connectivity index (χ2v) is 11.1. The maximum Gasteiger partial charge on any atom is 0.408 e. The predicted octanol–water partition coefficient (Wildman–Crippen LogP) is 5.30. The number of aliphatic carboxylic acids is 1. The van der Waals surface area contributed by atoms with Crippen molar-refractivity contribution in [3.05, 3.63) is 35.4 Å². The largest absolute Gasteiger partial charge is 0.493 e. The maximum atomic E-state index is 14.8. The van der Waals surface area contributed by atoms with Gasteiger partial charge >= 0.3 is 18.1 Å². The lowest BCUT2D eigenvalue weighted by Gasteiger charge is -2.33. The van der Waals surface area contributed by atoms with Crippen LogP contribution in [0.1, 0.15) is 84.2 Å². The number of nitrogens with one attached hydrogen (secondary N) is 1. The Morgan fingerprint density at radius 2 is 1.92 bits per heavy atom. The monoisotopic (exact) mass is 534 g/mol. The summed E-state index contributed by atoms with van der Waals surface area (Å²) in [5.41, 5.74) is -0.999. The number of piperidine rings is 1. The second-order valence-electron chi connectivity index (χ2n) is 11.1. The summed E-state index contributed by atoms with van der Waals surface area (Å²) in [6, 6.07) is 2.95. The van der Waals surface area contributed by atoms with E-state index in [0.29, 0.717) is 30.2 Å². The Morgan fingerprint density at radius 1 is 1.24 bits per heavy atom. The number of benzene rings is 1. The number of carboxylic acids is 1. The number of alkyl carbamates (subject to hydrolysis) is 1. The Kier molecular flexibility index (Phi) is 9.56. The van der Waals surface area contributed by atoms with Crippen LogP contribution in [0.5, 0.6) is 5.75 Å². The first kappa shape index (κ1) is 29.2. The first-order valence-electron chi connectivity index (χ1n) is 13.1. The van der Waals surface area contributed by atoms with Crippen molar-refractivity contribution >= 4 is 18.1 Å². The van der Waals surface area contributed by atoms with Gasteiger partial charge < -0.3 is 29.3 Å². The van der Waals surface area contributed by atoms with E-state index in [-0.39, 0.29) is 11.5 Å². The summed E-state index contributed by atoms with van der Waals surface area (Å²) in [5.74, 6) is -0.0127. The zero-order chi connectivity index (χ0) is 28.0. The van der Waals surface area contributed by atoms with Crippen molar-refractivity contribution in [1.82, 2.24) is 15.5 Å². The van der Waals surface area contributed by atoms with Crippen molar-refractivity contribution in [1.29, 1.82) is 0 Å². The fraction of sp³-hybridized carbons (Fsp3) is 0.630. The molecule has 2 heterocycles. The SMILES string of the molecule is CC(C)c1noc(N2CCC([C@H](C)CCOc3ccc(C(NC(=O)OC(C)(C)C)C(=O)O)c(F)c3)CC2)n1. The van der Waals surface area contributed by atoms with Crippen LogP contribution >= 0.6 is 0 Å². The first-order valence-corrected chi connectivity index (χ1v) is 13.1. The van der Waals surface area contributed by atoms with Crippen molar-refractivity contribution in [2.75, 3.05) is 24.6 Å². The molecule has 1 aromatic carbocycles. The number of hydrogen-bond acceptors (Lipinski definition) is 8. The number of carbonyl (C=O) groups is 2. The topological polar surface area (TPSA) is 127 Å². The summed E-state index contributed by atoms with van der Waals surface area (Å²) in [6.07, 6.45) is 1.86. The van der Waals surface area contributed by atoms with E-state index in [0.717, 1.165) is 44.2 Å². The Balaban J connectivity index is 1.48. The lowest BCUT2D eigenvalue weighted by atomic mass is 9.84. The number of aromatic nitrogens is 2. The number of anilines is 1. The minimum atomic E-state index is -1.59. The summed E-state index contributed by atoms with van der Waals surface area (Å²) < 4.78 is 31.1. The molecule has 10 nitrogen and oxygen atoms in total. The van der Waals surface area contributed by atoms with E-state index in [4.69, 9.17) is 14.0 Å². The summed E-state index contributed by atoms with van der Waals surface area (Å²) in [7, 11) is 0. The van der Waals surface area contributed by atoms with E-state index in [1.54, 1.807) is 20.8 Å². The number of carbonyl (C=O) groups excluding carboxylic acids is 1. The Labute approximate surface area is 222 Å². The summed E-state index contributed by atoms with van der Waals surface area (Å²) in [4.78, 5) is 30.3. The van der Waals surface area contributed by atoms with Crippen LogP contribution in [0, 0.1) is 17.7 Å². The number of amides is 1. The van der Waals surface area contributed by atoms with Crippen LogP contribution in [0.4, 0.5) is 15.2 Å². The molecular weight excluding hydrogens is 495 g/mol. The number of carboxylic acid groups (broad SMARTS) is 1. The lowest BCUT2D eigenvalue weighted by Crippen LogP contribution is -2.38. The molecule has 1 aliphatic rings. The van der Waals surface area contributed by atoms with Crippen molar-refractivity contribution < 1.29 is 33.1 Å². The highest BCUT2D eigenvalue weighted by Gasteiger charge is 2.29. The smallest absolute Gasteiger partial charge is 0.408 e. The quantitative estimate of drug-likeness (QED) is 0.417. The number of halogens is 1. The number of rotatable bonds is 10. The Bertz CT molecular complexity index is 1090. The molecule has 3 rings (SSSR count). The van der Waals surface area contributed by atoms with Gasteiger partial charge in [0.05, 0.1) is 6.61 Å². The first-order chi connectivity index (χ1) is 17.8.